The molecule has 19 heavy (non-hydrogen) atoms. The lowest BCUT2D eigenvalue weighted by Gasteiger charge is -2.20. The van der Waals surface area contributed by atoms with Gasteiger partial charge in [-0.05, 0) is 42.2 Å². The number of aryl methyl sites for hydroxylation is 2. The van der Waals surface area contributed by atoms with Crippen LogP contribution in [0.5, 0.6) is 0 Å². The molecular formula is C13H21BrN4O. The van der Waals surface area contributed by atoms with Crippen LogP contribution in [0, 0.1) is 0 Å². The molecule has 106 valence electrons. The fourth-order valence-electron chi connectivity index (χ4n) is 2.34. The van der Waals surface area contributed by atoms with E-state index in [-0.39, 0.29) is 5.91 Å². The quantitative estimate of drug-likeness (QED) is 0.912. The number of rotatable bonds is 4. The molecule has 1 aromatic rings. The first-order valence-corrected chi connectivity index (χ1v) is 7.69. The van der Waals surface area contributed by atoms with Gasteiger partial charge < -0.3 is 10.2 Å². The van der Waals surface area contributed by atoms with Gasteiger partial charge >= 0.3 is 0 Å². The normalized spacial score (nSPS) is 16.8. The highest BCUT2D eigenvalue weighted by Crippen LogP contribution is 2.24. The third kappa shape index (κ3) is 3.17. The van der Waals surface area contributed by atoms with Crippen LogP contribution >= 0.6 is 15.9 Å². The summed E-state index contributed by atoms with van der Waals surface area (Å²) in [5.41, 5.74) is 2.17. The van der Waals surface area contributed by atoms with Gasteiger partial charge in [0, 0.05) is 13.1 Å². The Bertz CT molecular complexity index is 458. The summed E-state index contributed by atoms with van der Waals surface area (Å²) in [5.74, 6) is 0.173. The highest BCUT2D eigenvalue weighted by Gasteiger charge is 2.21. The van der Waals surface area contributed by atoms with Gasteiger partial charge in [-0.1, -0.05) is 6.92 Å². The van der Waals surface area contributed by atoms with E-state index < -0.39 is 0 Å². The molecule has 0 saturated carbocycles. The first kappa shape index (κ1) is 14.5. The van der Waals surface area contributed by atoms with Gasteiger partial charge in [0.15, 0.2) is 0 Å². The van der Waals surface area contributed by atoms with Gasteiger partial charge in [0.1, 0.15) is 0 Å². The zero-order valence-electron chi connectivity index (χ0n) is 11.6. The second-order valence-electron chi connectivity index (χ2n) is 4.72. The minimum Gasteiger partial charge on any atom is -0.336 e. The second-order valence-corrected chi connectivity index (χ2v) is 5.52. The van der Waals surface area contributed by atoms with Crippen LogP contribution < -0.4 is 5.32 Å². The molecule has 0 bridgehead atoms. The Morgan fingerprint density at radius 3 is 2.89 bits per heavy atom. The van der Waals surface area contributed by atoms with E-state index in [4.69, 9.17) is 0 Å². The Hall–Kier alpha value is -0.880. The van der Waals surface area contributed by atoms with E-state index in [0.717, 1.165) is 48.3 Å². The van der Waals surface area contributed by atoms with Gasteiger partial charge in [0.05, 0.1) is 29.0 Å². The van der Waals surface area contributed by atoms with Crippen molar-refractivity contribution in [1.29, 1.82) is 0 Å². The lowest BCUT2D eigenvalue weighted by Crippen LogP contribution is -2.35. The maximum atomic E-state index is 12.0. The van der Waals surface area contributed by atoms with Crippen molar-refractivity contribution in [2.24, 2.45) is 0 Å². The largest absolute Gasteiger partial charge is 0.336 e. The zero-order valence-corrected chi connectivity index (χ0v) is 13.2. The summed E-state index contributed by atoms with van der Waals surface area (Å²) in [6.45, 7) is 7.81. The lowest BCUT2D eigenvalue weighted by atomic mass is 10.2. The summed E-state index contributed by atoms with van der Waals surface area (Å²) in [7, 11) is 0. The Kier molecular flexibility index (Phi) is 4.99. The van der Waals surface area contributed by atoms with Crippen molar-refractivity contribution in [3.05, 3.63) is 15.9 Å². The minimum absolute atomic E-state index is 0.173. The van der Waals surface area contributed by atoms with Crippen molar-refractivity contribution >= 4 is 21.8 Å². The van der Waals surface area contributed by atoms with Crippen LogP contribution in [0.3, 0.4) is 0 Å². The topological polar surface area (TPSA) is 50.2 Å². The van der Waals surface area contributed by atoms with Crippen molar-refractivity contribution in [1.82, 2.24) is 20.0 Å². The van der Waals surface area contributed by atoms with Gasteiger partial charge in [0.2, 0.25) is 5.91 Å². The summed E-state index contributed by atoms with van der Waals surface area (Å²) in [6.07, 6.45) is 1.90. The van der Waals surface area contributed by atoms with Gasteiger partial charge in [-0.3, -0.25) is 9.48 Å². The molecule has 0 unspecified atom stereocenters. The fraction of sp³-hybridized carbons (Fsp3) is 0.692. The van der Waals surface area contributed by atoms with Crippen molar-refractivity contribution in [2.45, 2.75) is 39.8 Å². The van der Waals surface area contributed by atoms with Gasteiger partial charge in [0.25, 0.3) is 0 Å². The number of carbonyl (C=O) groups is 1. The standard InChI is InChI=1S/C13H21BrN4O/c1-3-10-13(14)11(18(4-2)16-10)9-17-7-5-6-15-8-12(17)19/h15H,3-9H2,1-2H3. The van der Waals surface area contributed by atoms with Crippen molar-refractivity contribution in [2.75, 3.05) is 19.6 Å². The fourth-order valence-corrected chi connectivity index (χ4v) is 3.03. The Morgan fingerprint density at radius 2 is 2.21 bits per heavy atom. The summed E-state index contributed by atoms with van der Waals surface area (Å²) >= 11 is 3.63. The number of carbonyl (C=O) groups excluding carboxylic acids is 1. The Balaban J connectivity index is 2.21. The molecule has 1 N–H and O–H groups in total. The predicted molar refractivity (Wildman–Crippen MR) is 77.9 cm³/mol. The van der Waals surface area contributed by atoms with Crippen molar-refractivity contribution in [3.8, 4) is 0 Å². The van der Waals surface area contributed by atoms with Crippen LogP contribution in [-0.4, -0.2) is 40.2 Å². The molecule has 1 saturated heterocycles. The molecule has 1 aliphatic heterocycles. The number of nitrogens with one attached hydrogen (secondary N) is 1. The predicted octanol–water partition coefficient (Wildman–Crippen LogP) is 1.55. The molecule has 1 aliphatic rings. The molecule has 2 rings (SSSR count). The number of hydrogen-bond acceptors (Lipinski definition) is 3. The van der Waals surface area contributed by atoms with Crippen molar-refractivity contribution in [3.63, 3.8) is 0 Å². The van der Waals surface area contributed by atoms with Gasteiger partial charge in [-0.2, -0.15) is 5.10 Å². The average molecular weight is 329 g/mol. The molecule has 2 heterocycles. The first-order chi connectivity index (χ1) is 9.17. The first-order valence-electron chi connectivity index (χ1n) is 6.89. The van der Waals surface area contributed by atoms with E-state index >= 15 is 0 Å². The maximum absolute atomic E-state index is 12.0. The van der Waals surface area contributed by atoms with E-state index in [0.29, 0.717) is 13.1 Å². The summed E-state index contributed by atoms with van der Waals surface area (Å²) in [5, 5.41) is 7.72. The summed E-state index contributed by atoms with van der Waals surface area (Å²) < 4.78 is 3.05. The molecule has 0 spiro atoms. The Labute approximate surface area is 122 Å². The van der Waals surface area contributed by atoms with E-state index in [1.165, 1.54) is 0 Å². The molecule has 1 amide bonds. The van der Waals surface area contributed by atoms with Crippen LogP contribution in [-0.2, 0) is 24.3 Å². The lowest BCUT2D eigenvalue weighted by molar-refractivity contribution is -0.130. The molecule has 0 aromatic carbocycles. The van der Waals surface area contributed by atoms with Crippen molar-refractivity contribution < 1.29 is 4.79 Å². The summed E-state index contributed by atoms with van der Waals surface area (Å²) in [6, 6.07) is 0. The van der Waals surface area contributed by atoms with Crippen LogP contribution in [0.15, 0.2) is 4.47 Å². The number of aromatic nitrogens is 2. The molecule has 0 atom stereocenters. The van der Waals surface area contributed by atoms with E-state index in [1.54, 1.807) is 0 Å². The molecule has 0 aliphatic carbocycles. The smallest absolute Gasteiger partial charge is 0.236 e. The van der Waals surface area contributed by atoms with Crippen LogP contribution in [0.1, 0.15) is 31.7 Å². The van der Waals surface area contributed by atoms with Crippen LogP contribution in [0.25, 0.3) is 0 Å². The monoisotopic (exact) mass is 328 g/mol. The van der Waals surface area contributed by atoms with Gasteiger partial charge in [-0.25, -0.2) is 0 Å². The number of hydrogen-bond donors (Lipinski definition) is 1. The number of amides is 1. The van der Waals surface area contributed by atoms with Gasteiger partial charge in [-0.15, -0.1) is 0 Å². The average Bonchev–Trinajstić information content (AvgIpc) is 2.57. The van der Waals surface area contributed by atoms with Crippen LogP contribution in [0.4, 0.5) is 0 Å². The SMILES string of the molecule is CCc1nn(CC)c(CN2CCCNCC2=O)c1Br. The van der Waals surface area contributed by atoms with E-state index in [9.17, 15) is 4.79 Å². The maximum Gasteiger partial charge on any atom is 0.236 e. The summed E-state index contributed by atoms with van der Waals surface area (Å²) in [4.78, 5) is 13.9. The highest BCUT2D eigenvalue weighted by molar-refractivity contribution is 9.10. The van der Waals surface area contributed by atoms with Crippen LogP contribution in [0.2, 0.25) is 0 Å². The minimum atomic E-state index is 0.173. The zero-order chi connectivity index (χ0) is 13.8. The Morgan fingerprint density at radius 1 is 1.42 bits per heavy atom. The number of halogens is 1. The molecular weight excluding hydrogens is 308 g/mol. The molecule has 5 nitrogen and oxygen atoms in total. The molecule has 1 fully saturated rings. The molecule has 1 aromatic heterocycles. The number of nitrogens with zero attached hydrogens (tertiary/aromatic N) is 3. The van der Waals surface area contributed by atoms with E-state index in [2.05, 4.69) is 40.2 Å². The highest BCUT2D eigenvalue weighted by atomic mass is 79.9. The van der Waals surface area contributed by atoms with E-state index in [1.807, 2.05) is 9.58 Å². The molecule has 0 radical (unpaired) electrons. The third-order valence-corrected chi connectivity index (χ3v) is 4.36. The second kappa shape index (κ2) is 6.52. The third-order valence-electron chi connectivity index (χ3n) is 3.45. The molecule has 6 heteroatoms.